The highest BCUT2D eigenvalue weighted by molar-refractivity contribution is 8.17. The van der Waals surface area contributed by atoms with Crippen LogP contribution in [0.4, 0.5) is 0 Å². The van der Waals surface area contributed by atoms with E-state index < -0.39 is 11.9 Å². The van der Waals surface area contributed by atoms with Crippen LogP contribution >= 0.6 is 23.5 Å². The number of unbranched alkanes of at least 4 members (excludes halogenated alkanes) is 1. The molecule has 1 aliphatic heterocycles. The van der Waals surface area contributed by atoms with Crippen LogP contribution in [0.1, 0.15) is 37.7 Å². The first kappa shape index (κ1) is 24.4. The van der Waals surface area contributed by atoms with Crippen LogP contribution < -0.4 is 5.32 Å². The Morgan fingerprint density at radius 3 is 2.36 bits per heavy atom. The summed E-state index contributed by atoms with van der Waals surface area (Å²) in [5.74, 6) is 5.60. The first-order valence-electron chi connectivity index (χ1n) is 9.49. The van der Waals surface area contributed by atoms with Gasteiger partial charge in [-0.2, -0.15) is 0 Å². The molecule has 0 bridgehead atoms. The molecule has 28 heavy (non-hydrogen) atoms. The number of benzene rings is 1. The van der Waals surface area contributed by atoms with Crippen molar-refractivity contribution in [2.24, 2.45) is 0 Å². The van der Waals surface area contributed by atoms with Crippen molar-refractivity contribution in [1.82, 2.24) is 5.32 Å². The Morgan fingerprint density at radius 1 is 1.04 bits per heavy atom. The van der Waals surface area contributed by atoms with Gasteiger partial charge in [-0.25, -0.2) is 9.59 Å². The lowest BCUT2D eigenvalue weighted by Gasteiger charge is -2.19. The fraction of sp³-hybridized carbons (Fsp3) is 0.524. The van der Waals surface area contributed by atoms with E-state index in [4.69, 9.17) is 19.8 Å². The smallest absolute Gasteiger partial charge is 0.414 e. The molecule has 1 aromatic rings. The summed E-state index contributed by atoms with van der Waals surface area (Å²) in [4.78, 5) is 18.2. The molecule has 1 saturated heterocycles. The van der Waals surface area contributed by atoms with E-state index in [-0.39, 0.29) is 0 Å². The predicted octanol–water partition coefficient (Wildman–Crippen LogP) is 3.73. The highest BCUT2D eigenvalue weighted by atomic mass is 32.2. The third-order valence-electron chi connectivity index (χ3n) is 3.83. The second-order valence-corrected chi connectivity index (χ2v) is 9.07. The number of aliphatic carboxylic acids is 2. The van der Waals surface area contributed by atoms with Crippen LogP contribution in [0.15, 0.2) is 30.3 Å². The maximum atomic E-state index is 9.10. The minimum absolute atomic E-state index is 0.800. The van der Waals surface area contributed by atoms with E-state index in [1.54, 1.807) is 0 Å². The highest BCUT2D eigenvalue weighted by Gasteiger charge is 2.12. The number of carboxylic acids is 2. The summed E-state index contributed by atoms with van der Waals surface area (Å²) in [5, 5.41) is 18.2. The molecular formula is C21H29NO4S2. The molecule has 0 unspecified atom stereocenters. The zero-order valence-corrected chi connectivity index (χ0v) is 17.7. The Kier molecular flexibility index (Phi) is 14.3. The molecule has 0 aromatic heterocycles. The minimum atomic E-state index is -1.82. The second kappa shape index (κ2) is 16.3. The Labute approximate surface area is 176 Å². The third kappa shape index (κ3) is 13.5. The van der Waals surface area contributed by atoms with Gasteiger partial charge in [0.25, 0.3) is 0 Å². The van der Waals surface area contributed by atoms with Crippen molar-refractivity contribution in [3.05, 3.63) is 35.9 Å². The Bertz CT molecular complexity index is 610. The molecule has 2 rings (SSSR count). The van der Waals surface area contributed by atoms with Gasteiger partial charge in [-0.05, 0) is 55.7 Å². The van der Waals surface area contributed by atoms with Crippen molar-refractivity contribution in [1.29, 1.82) is 0 Å². The normalized spacial score (nSPS) is 13.6. The van der Waals surface area contributed by atoms with Crippen LogP contribution in [0.5, 0.6) is 0 Å². The molecule has 3 N–H and O–H groups in total. The monoisotopic (exact) mass is 423 g/mol. The lowest BCUT2D eigenvalue weighted by atomic mass is 10.1. The first-order chi connectivity index (χ1) is 13.6. The maximum absolute atomic E-state index is 9.10. The SMILES string of the molecule is C(#CCNCCCCc1ccccc1)CCC1SCCCS1.O=C(O)C(=O)O. The van der Waals surface area contributed by atoms with Crippen molar-refractivity contribution in [3.63, 3.8) is 0 Å². The lowest BCUT2D eigenvalue weighted by Crippen LogP contribution is -2.15. The zero-order valence-electron chi connectivity index (χ0n) is 16.1. The molecule has 5 nitrogen and oxygen atoms in total. The Balaban J connectivity index is 0.000000568. The summed E-state index contributed by atoms with van der Waals surface area (Å²) in [6, 6.07) is 10.7. The summed E-state index contributed by atoms with van der Waals surface area (Å²) in [5.41, 5.74) is 1.45. The number of carboxylic acid groups (broad SMARTS) is 2. The quantitative estimate of drug-likeness (QED) is 0.334. The number of rotatable bonds is 8. The molecule has 0 saturated carbocycles. The van der Waals surface area contributed by atoms with E-state index in [1.807, 2.05) is 0 Å². The van der Waals surface area contributed by atoms with Gasteiger partial charge in [0.05, 0.1) is 11.1 Å². The fourth-order valence-corrected chi connectivity index (χ4v) is 5.28. The van der Waals surface area contributed by atoms with Gasteiger partial charge in [-0.15, -0.1) is 29.4 Å². The second-order valence-electron chi connectivity index (χ2n) is 6.15. The Morgan fingerprint density at radius 2 is 1.71 bits per heavy atom. The maximum Gasteiger partial charge on any atom is 0.414 e. The van der Waals surface area contributed by atoms with E-state index in [0.717, 1.165) is 24.1 Å². The van der Waals surface area contributed by atoms with Crippen molar-refractivity contribution in [3.8, 4) is 11.8 Å². The first-order valence-corrected chi connectivity index (χ1v) is 11.6. The molecule has 0 spiro atoms. The topological polar surface area (TPSA) is 86.6 Å². The van der Waals surface area contributed by atoms with Crippen LogP contribution in [-0.4, -0.2) is 51.3 Å². The summed E-state index contributed by atoms with van der Waals surface area (Å²) in [6.45, 7) is 1.92. The molecule has 7 heteroatoms. The fourth-order valence-electron chi connectivity index (χ4n) is 2.42. The average Bonchev–Trinajstić information content (AvgIpc) is 2.71. The number of hydrogen-bond acceptors (Lipinski definition) is 5. The van der Waals surface area contributed by atoms with E-state index in [2.05, 4.69) is 71.0 Å². The van der Waals surface area contributed by atoms with Crippen molar-refractivity contribution < 1.29 is 19.8 Å². The van der Waals surface area contributed by atoms with Crippen LogP contribution in [0.25, 0.3) is 0 Å². The lowest BCUT2D eigenvalue weighted by molar-refractivity contribution is -0.159. The van der Waals surface area contributed by atoms with Gasteiger partial charge in [-0.3, -0.25) is 0 Å². The standard InChI is InChI=1S/C19H27NS2.C2H2O4/c1-3-10-18(11-4-1)12-6-8-15-20-14-7-2-5-13-19-21-16-9-17-22-19;3-1(4)2(5)6/h1,3-4,10-11,19-20H,5-6,8-9,12-17H2;(H,3,4)(H,5,6). The molecule has 0 atom stereocenters. The van der Waals surface area contributed by atoms with Gasteiger partial charge in [-0.1, -0.05) is 36.3 Å². The number of thioether (sulfide) groups is 2. The summed E-state index contributed by atoms with van der Waals surface area (Å²) >= 11 is 4.24. The molecule has 0 aliphatic carbocycles. The minimum Gasteiger partial charge on any atom is -0.473 e. The van der Waals surface area contributed by atoms with Crippen molar-refractivity contribution in [2.75, 3.05) is 24.6 Å². The van der Waals surface area contributed by atoms with Crippen LogP contribution in [-0.2, 0) is 16.0 Å². The van der Waals surface area contributed by atoms with E-state index in [1.165, 1.54) is 49.2 Å². The third-order valence-corrected chi connectivity index (χ3v) is 6.91. The van der Waals surface area contributed by atoms with E-state index in [9.17, 15) is 0 Å². The van der Waals surface area contributed by atoms with Crippen LogP contribution in [0.2, 0.25) is 0 Å². The highest BCUT2D eigenvalue weighted by Crippen LogP contribution is 2.33. The van der Waals surface area contributed by atoms with E-state index in [0.29, 0.717) is 0 Å². The van der Waals surface area contributed by atoms with E-state index >= 15 is 0 Å². The van der Waals surface area contributed by atoms with Gasteiger partial charge in [0.1, 0.15) is 0 Å². The van der Waals surface area contributed by atoms with Crippen LogP contribution in [0, 0.1) is 11.8 Å². The molecule has 0 radical (unpaired) electrons. The molecule has 1 heterocycles. The van der Waals surface area contributed by atoms with Gasteiger partial charge >= 0.3 is 11.9 Å². The number of carbonyl (C=O) groups is 2. The summed E-state index contributed by atoms with van der Waals surface area (Å²) < 4.78 is 0.800. The molecule has 0 amide bonds. The van der Waals surface area contributed by atoms with Gasteiger partial charge < -0.3 is 15.5 Å². The van der Waals surface area contributed by atoms with Crippen molar-refractivity contribution in [2.45, 2.75) is 43.1 Å². The Hall–Kier alpha value is -1.62. The molecule has 1 aromatic carbocycles. The zero-order chi connectivity index (χ0) is 20.5. The largest absolute Gasteiger partial charge is 0.473 e. The number of aryl methyl sites for hydroxylation is 1. The van der Waals surface area contributed by atoms with Gasteiger partial charge in [0.15, 0.2) is 0 Å². The van der Waals surface area contributed by atoms with Gasteiger partial charge in [0.2, 0.25) is 0 Å². The molecule has 154 valence electrons. The van der Waals surface area contributed by atoms with Gasteiger partial charge in [0, 0.05) is 6.42 Å². The average molecular weight is 424 g/mol. The molecule has 1 fully saturated rings. The number of nitrogens with one attached hydrogen (secondary N) is 1. The molecular weight excluding hydrogens is 394 g/mol. The predicted molar refractivity (Wildman–Crippen MR) is 118 cm³/mol. The summed E-state index contributed by atoms with van der Waals surface area (Å²) in [7, 11) is 0. The molecule has 1 aliphatic rings. The van der Waals surface area contributed by atoms with Crippen molar-refractivity contribution >= 4 is 35.5 Å². The number of hydrogen-bond donors (Lipinski definition) is 3. The summed E-state index contributed by atoms with van der Waals surface area (Å²) in [6.07, 6.45) is 7.35. The van der Waals surface area contributed by atoms with Crippen LogP contribution in [0.3, 0.4) is 0 Å².